The third kappa shape index (κ3) is 2.82. The molecule has 0 spiro atoms. The number of benzene rings is 1. The summed E-state index contributed by atoms with van der Waals surface area (Å²) in [5, 5.41) is 13.0. The van der Waals surface area contributed by atoms with Gasteiger partial charge in [-0.25, -0.2) is 0 Å². The zero-order chi connectivity index (χ0) is 16.7. The van der Waals surface area contributed by atoms with Crippen molar-refractivity contribution in [2.24, 2.45) is 0 Å². The molecule has 3 rings (SSSR count). The zero-order valence-electron chi connectivity index (χ0n) is 13.4. The van der Waals surface area contributed by atoms with Crippen molar-refractivity contribution >= 4 is 22.8 Å². The number of likely N-dealkylation sites (N-methyl/N-ethyl adjacent to an activating group) is 1. The maximum absolute atomic E-state index is 12.5. The first-order valence-corrected chi connectivity index (χ1v) is 7.60. The van der Waals surface area contributed by atoms with Gasteiger partial charge in [0.2, 0.25) is 0 Å². The molecule has 1 fully saturated rings. The van der Waals surface area contributed by atoms with Gasteiger partial charge in [-0.15, -0.1) is 0 Å². The highest BCUT2D eigenvalue weighted by Crippen LogP contribution is 2.26. The van der Waals surface area contributed by atoms with E-state index in [1.165, 1.54) is 0 Å². The molecular weight excluding hydrogens is 296 g/mol. The number of aliphatic carboxylic acids is 1. The highest BCUT2D eigenvalue weighted by atomic mass is 16.4. The van der Waals surface area contributed by atoms with Crippen LogP contribution in [0.2, 0.25) is 0 Å². The normalized spacial score (nSPS) is 21.7. The number of furan rings is 1. The summed E-state index contributed by atoms with van der Waals surface area (Å²) in [5.74, 6) is -0.854. The van der Waals surface area contributed by atoms with E-state index < -0.39 is 12.0 Å². The fourth-order valence-corrected chi connectivity index (χ4v) is 3.19. The van der Waals surface area contributed by atoms with Crippen LogP contribution in [0.1, 0.15) is 28.1 Å². The number of hydrogen-bond acceptors (Lipinski definition) is 4. The zero-order valence-corrected chi connectivity index (χ0v) is 13.4. The highest BCUT2D eigenvalue weighted by molar-refractivity contribution is 5.99. The van der Waals surface area contributed by atoms with Gasteiger partial charge in [0.15, 0.2) is 5.76 Å². The molecule has 1 aromatic heterocycles. The first kappa shape index (κ1) is 15.6. The molecule has 1 aromatic carbocycles. The van der Waals surface area contributed by atoms with Gasteiger partial charge in [-0.1, -0.05) is 12.1 Å². The summed E-state index contributed by atoms with van der Waals surface area (Å²) >= 11 is 0. The van der Waals surface area contributed by atoms with E-state index in [1.54, 1.807) is 11.9 Å². The fourth-order valence-electron chi connectivity index (χ4n) is 3.19. The number of rotatable bonds is 3. The number of carboxylic acid groups (broad SMARTS) is 1. The Morgan fingerprint density at radius 1 is 1.35 bits per heavy atom. The molecule has 2 atom stereocenters. The van der Waals surface area contributed by atoms with Crippen molar-refractivity contribution in [3.63, 3.8) is 0 Å². The number of carbonyl (C=O) groups is 2. The second kappa shape index (κ2) is 5.70. The molecular formula is C17H20N2O4. The van der Waals surface area contributed by atoms with Crippen LogP contribution in [-0.2, 0) is 4.79 Å². The molecule has 0 saturated carbocycles. The number of likely N-dealkylation sites (tertiary alicyclic amines) is 1. The van der Waals surface area contributed by atoms with Crippen molar-refractivity contribution in [2.45, 2.75) is 32.4 Å². The third-order valence-corrected chi connectivity index (χ3v) is 4.47. The topological polar surface area (TPSA) is 82.8 Å². The molecule has 122 valence electrons. The third-order valence-electron chi connectivity index (χ3n) is 4.47. The number of hydrogen-bond donors (Lipinski definition) is 2. The lowest BCUT2D eigenvalue weighted by molar-refractivity contribution is -0.141. The van der Waals surface area contributed by atoms with Crippen molar-refractivity contribution < 1.29 is 19.1 Å². The number of amides is 1. The van der Waals surface area contributed by atoms with Crippen LogP contribution in [0.4, 0.5) is 0 Å². The molecule has 6 heteroatoms. The Bertz CT molecular complexity index is 780. The molecule has 1 aliphatic rings. The first-order chi connectivity index (χ1) is 10.9. The molecule has 0 bridgehead atoms. The SMILES string of the molecule is Cc1ccc2c(C)c(C(=O)N[C@H]3C[C@@H](C(=O)O)N(C)C3)oc2c1. The minimum atomic E-state index is -0.861. The number of carbonyl (C=O) groups excluding carboxylic acids is 1. The second-order valence-corrected chi connectivity index (χ2v) is 6.26. The van der Waals surface area contributed by atoms with Crippen molar-refractivity contribution in [1.82, 2.24) is 10.2 Å². The van der Waals surface area contributed by atoms with Gasteiger partial charge < -0.3 is 14.8 Å². The van der Waals surface area contributed by atoms with Gasteiger partial charge in [-0.3, -0.25) is 14.5 Å². The lowest BCUT2D eigenvalue weighted by atomic mass is 10.1. The minimum absolute atomic E-state index is 0.192. The molecule has 1 aliphatic heterocycles. The Kier molecular flexibility index (Phi) is 3.85. The molecule has 1 saturated heterocycles. The molecule has 0 unspecified atom stereocenters. The Morgan fingerprint density at radius 3 is 2.74 bits per heavy atom. The number of carboxylic acids is 1. The van der Waals surface area contributed by atoms with Crippen LogP contribution in [0.5, 0.6) is 0 Å². The van der Waals surface area contributed by atoms with E-state index in [4.69, 9.17) is 9.52 Å². The molecule has 23 heavy (non-hydrogen) atoms. The number of aryl methyl sites for hydroxylation is 2. The largest absolute Gasteiger partial charge is 0.480 e. The van der Waals surface area contributed by atoms with Crippen LogP contribution in [0.3, 0.4) is 0 Å². The average molecular weight is 316 g/mol. The second-order valence-electron chi connectivity index (χ2n) is 6.26. The Morgan fingerprint density at radius 2 is 2.09 bits per heavy atom. The number of nitrogens with one attached hydrogen (secondary N) is 1. The van der Waals surface area contributed by atoms with Crippen LogP contribution in [0.15, 0.2) is 22.6 Å². The van der Waals surface area contributed by atoms with E-state index in [2.05, 4.69) is 5.32 Å². The lowest BCUT2D eigenvalue weighted by Gasteiger charge is -2.13. The monoisotopic (exact) mass is 316 g/mol. The summed E-state index contributed by atoms with van der Waals surface area (Å²) in [4.78, 5) is 25.4. The average Bonchev–Trinajstić information content (AvgIpc) is 2.99. The first-order valence-electron chi connectivity index (χ1n) is 7.60. The van der Waals surface area contributed by atoms with Crippen molar-refractivity contribution in [3.8, 4) is 0 Å². The van der Waals surface area contributed by atoms with Crippen molar-refractivity contribution in [3.05, 3.63) is 35.1 Å². The van der Waals surface area contributed by atoms with Gasteiger partial charge in [0.05, 0.1) is 0 Å². The summed E-state index contributed by atoms with van der Waals surface area (Å²) in [6, 6.07) is 5.09. The van der Waals surface area contributed by atoms with Crippen LogP contribution in [0.25, 0.3) is 11.0 Å². The van der Waals surface area contributed by atoms with Gasteiger partial charge in [-0.2, -0.15) is 0 Å². The predicted octanol–water partition coefficient (Wildman–Crippen LogP) is 1.94. The maximum atomic E-state index is 12.5. The van der Waals surface area contributed by atoms with Gasteiger partial charge in [0.25, 0.3) is 5.91 Å². The predicted molar refractivity (Wildman–Crippen MR) is 85.6 cm³/mol. The highest BCUT2D eigenvalue weighted by Gasteiger charge is 2.35. The van der Waals surface area contributed by atoms with Crippen LogP contribution < -0.4 is 5.32 Å². The van der Waals surface area contributed by atoms with Gasteiger partial charge in [-0.05, 0) is 38.9 Å². The van der Waals surface area contributed by atoms with Gasteiger partial charge in [0.1, 0.15) is 11.6 Å². The standard InChI is InChI=1S/C17H20N2O4/c1-9-4-5-12-10(2)15(23-14(12)6-9)16(20)18-11-7-13(17(21)22)19(3)8-11/h4-6,11,13H,7-8H2,1-3H3,(H,18,20)(H,21,22)/t11-,13-/m0/s1. The van der Waals surface area contributed by atoms with E-state index in [-0.39, 0.29) is 11.9 Å². The quantitative estimate of drug-likeness (QED) is 0.904. The molecule has 2 N–H and O–H groups in total. The minimum Gasteiger partial charge on any atom is -0.480 e. The molecule has 2 heterocycles. The Labute approximate surface area is 134 Å². The smallest absolute Gasteiger partial charge is 0.320 e. The Balaban J connectivity index is 1.79. The van der Waals surface area contributed by atoms with Crippen LogP contribution >= 0.6 is 0 Å². The van der Waals surface area contributed by atoms with E-state index in [0.29, 0.717) is 24.3 Å². The van der Waals surface area contributed by atoms with Crippen molar-refractivity contribution in [2.75, 3.05) is 13.6 Å². The molecule has 0 radical (unpaired) electrons. The molecule has 6 nitrogen and oxygen atoms in total. The Hall–Kier alpha value is -2.34. The van der Waals surface area contributed by atoms with E-state index >= 15 is 0 Å². The summed E-state index contributed by atoms with van der Waals surface area (Å²) in [6.07, 6.45) is 0.399. The lowest BCUT2D eigenvalue weighted by Crippen LogP contribution is -2.36. The van der Waals surface area contributed by atoms with Crippen molar-refractivity contribution in [1.29, 1.82) is 0 Å². The molecule has 2 aromatic rings. The fraction of sp³-hybridized carbons (Fsp3) is 0.412. The molecule has 1 amide bonds. The summed E-state index contributed by atoms with van der Waals surface area (Å²) in [5.41, 5.74) is 2.57. The summed E-state index contributed by atoms with van der Waals surface area (Å²) < 4.78 is 5.71. The number of nitrogens with zero attached hydrogens (tertiary/aromatic N) is 1. The van der Waals surface area contributed by atoms with E-state index in [1.807, 2.05) is 32.0 Å². The van der Waals surface area contributed by atoms with Gasteiger partial charge >= 0.3 is 5.97 Å². The maximum Gasteiger partial charge on any atom is 0.320 e. The summed E-state index contributed by atoms with van der Waals surface area (Å²) in [7, 11) is 1.75. The molecule has 0 aliphatic carbocycles. The van der Waals surface area contributed by atoms with Gasteiger partial charge in [0, 0.05) is 23.5 Å². The van der Waals surface area contributed by atoms with Crippen LogP contribution in [0, 0.1) is 13.8 Å². The number of fused-ring (bicyclic) bond motifs is 1. The van der Waals surface area contributed by atoms with Crippen LogP contribution in [-0.4, -0.2) is 47.6 Å². The van der Waals surface area contributed by atoms with E-state index in [0.717, 1.165) is 16.5 Å². The van der Waals surface area contributed by atoms with E-state index in [9.17, 15) is 9.59 Å². The summed E-state index contributed by atoms with van der Waals surface area (Å²) in [6.45, 7) is 4.34.